The number of rotatable bonds is 2. The average Bonchev–Trinajstić information content (AvgIpc) is 3.14. The minimum atomic E-state index is -0.635. The quantitative estimate of drug-likeness (QED) is 0.387. The fraction of sp³-hybridized carbons (Fsp3) is 0.100. The van der Waals surface area contributed by atoms with E-state index in [2.05, 4.69) is 20.6 Å². The number of benzene rings is 1. The molecule has 6 N–H and O–H groups in total. The molecule has 1 unspecified atom stereocenters. The first-order valence-corrected chi connectivity index (χ1v) is 8.68. The lowest BCUT2D eigenvalue weighted by molar-refractivity contribution is 0.547. The largest absolute Gasteiger partial charge is 0.461 e. The van der Waals surface area contributed by atoms with Crippen molar-refractivity contribution in [2.24, 2.45) is 4.99 Å². The number of hydrogen-bond acceptors (Lipinski definition) is 9. The van der Waals surface area contributed by atoms with E-state index in [1.807, 2.05) is 55.6 Å². The number of aromatic nitrogens is 1. The number of furan rings is 1. The number of pyridine rings is 1. The van der Waals surface area contributed by atoms with E-state index < -0.39 is 6.04 Å². The second-order valence-corrected chi connectivity index (χ2v) is 6.40. The Kier molecular flexibility index (Phi) is 4.26. The normalized spacial score (nSPS) is 14.7. The van der Waals surface area contributed by atoms with Gasteiger partial charge in [0.1, 0.15) is 40.8 Å². The van der Waals surface area contributed by atoms with Crippen LogP contribution in [0.3, 0.4) is 0 Å². The molecule has 3 heterocycles. The third-order valence-electron chi connectivity index (χ3n) is 4.62. The Balaban J connectivity index is 1.98. The number of aliphatic imine (C=N–C) groups is 1. The summed E-state index contributed by atoms with van der Waals surface area (Å²) in [4.78, 5) is 8.87. The van der Waals surface area contributed by atoms with Gasteiger partial charge in [0.05, 0.1) is 5.69 Å². The summed E-state index contributed by atoms with van der Waals surface area (Å²) in [6, 6.07) is 12.7. The summed E-state index contributed by atoms with van der Waals surface area (Å²) in [6.45, 7) is 1.86. The van der Waals surface area contributed by atoms with Crippen molar-refractivity contribution < 1.29 is 4.42 Å². The number of anilines is 3. The zero-order valence-electron chi connectivity index (χ0n) is 15.4. The van der Waals surface area contributed by atoms with E-state index in [1.165, 1.54) is 0 Å². The topological polar surface area (TPSA) is 162 Å². The lowest BCUT2D eigenvalue weighted by Crippen LogP contribution is -2.32. The monoisotopic (exact) mass is 384 g/mol. The van der Waals surface area contributed by atoms with Crippen LogP contribution in [0.25, 0.3) is 11.3 Å². The molecule has 0 bridgehead atoms. The summed E-state index contributed by atoms with van der Waals surface area (Å²) in [6.07, 6.45) is 1.84. The Morgan fingerprint density at radius 3 is 2.66 bits per heavy atom. The highest BCUT2D eigenvalue weighted by molar-refractivity contribution is 5.98. The lowest BCUT2D eigenvalue weighted by Gasteiger charge is -2.27. The number of nitrogens with zero attached hydrogens (tertiary/aromatic N) is 4. The fourth-order valence-electron chi connectivity index (χ4n) is 3.35. The molecular weight excluding hydrogens is 368 g/mol. The van der Waals surface area contributed by atoms with Gasteiger partial charge in [0.15, 0.2) is 6.19 Å². The molecule has 0 saturated heterocycles. The summed E-state index contributed by atoms with van der Waals surface area (Å²) in [7, 11) is 0. The first kappa shape index (κ1) is 17.9. The number of guanidine groups is 1. The second kappa shape index (κ2) is 6.91. The van der Waals surface area contributed by atoms with Crippen LogP contribution in [0.5, 0.6) is 0 Å². The molecule has 0 fully saturated rings. The van der Waals surface area contributed by atoms with Crippen molar-refractivity contribution in [2.45, 2.75) is 13.0 Å². The van der Waals surface area contributed by atoms with Gasteiger partial charge in [-0.15, -0.1) is 0 Å². The molecule has 2 aromatic heterocycles. The van der Waals surface area contributed by atoms with Gasteiger partial charge in [0, 0.05) is 11.1 Å². The van der Waals surface area contributed by atoms with E-state index in [1.54, 1.807) is 0 Å². The molecule has 0 radical (unpaired) electrons. The van der Waals surface area contributed by atoms with Gasteiger partial charge in [0.2, 0.25) is 5.96 Å². The maximum Gasteiger partial charge on any atom is 0.211 e. The zero-order valence-corrected chi connectivity index (χ0v) is 15.4. The number of nitrogens with one attached hydrogen (secondary N) is 2. The molecule has 9 nitrogen and oxygen atoms in total. The molecule has 0 spiro atoms. The van der Waals surface area contributed by atoms with Crippen molar-refractivity contribution in [1.29, 1.82) is 10.5 Å². The Bertz CT molecular complexity index is 1230. The van der Waals surface area contributed by atoms with Gasteiger partial charge in [-0.2, -0.15) is 10.5 Å². The van der Waals surface area contributed by atoms with E-state index in [-0.39, 0.29) is 23.0 Å². The van der Waals surface area contributed by atoms with Crippen LogP contribution >= 0.6 is 0 Å². The van der Waals surface area contributed by atoms with Crippen LogP contribution in [-0.2, 0) is 0 Å². The maximum atomic E-state index is 9.45. The SMILES string of the molecule is Cc1ccc(-c2ccccc2C2N=C(NC#N)Nc3nc(N)c(C#N)c(N)c32)o1. The van der Waals surface area contributed by atoms with Crippen LogP contribution in [0, 0.1) is 29.7 Å². The Morgan fingerprint density at radius 2 is 1.97 bits per heavy atom. The molecule has 0 aliphatic carbocycles. The second-order valence-electron chi connectivity index (χ2n) is 6.40. The molecule has 9 heteroatoms. The zero-order chi connectivity index (χ0) is 20.5. The van der Waals surface area contributed by atoms with Crippen LogP contribution < -0.4 is 22.1 Å². The molecular formula is C20H16N8O. The number of hydrogen-bond donors (Lipinski definition) is 4. The van der Waals surface area contributed by atoms with E-state index in [0.29, 0.717) is 17.1 Å². The Labute approximate surface area is 166 Å². The van der Waals surface area contributed by atoms with Gasteiger partial charge < -0.3 is 21.2 Å². The van der Waals surface area contributed by atoms with Crippen LogP contribution in [0.15, 0.2) is 45.8 Å². The van der Waals surface area contributed by atoms with E-state index in [4.69, 9.17) is 21.1 Å². The van der Waals surface area contributed by atoms with Crippen molar-refractivity contribution in [3.8, 4) is 23.6 Å². The van der Waals surface area contributed by atoms with Crippen LogP contribution in [0.4, 0.5) is 17.3 Å². The minimum Gasteiger partial charge on any atom is -0.461 e. The van der Waals surface area contributed by atoms with Crippen LogP contribution in [0.1, 0.15) is 28.5 Å². The van der Waals surface area contributed by atoms with Crippen LogP contribution in [-0.4, -0.2) is 10.9 Å². The van der Waals surface area contributed by atoms with Crippen molar-refractivity contribution in [3.05, 3.63) is 58.8 Å². The van der Waals surface area contributed by atoms with E-state index >= 15 is 0 Å². The molecule has 4 rings (SSSR count). The third-order valence-corrected chi connectivity index (χ3v) is 4.62. The fourth-order valence-corrected chi connectivity index (χ4v) is 3.35. The minimum absolute atomic E-state index is 0.00292. The van der Waals surface area contributed by atoms with Gasteiger partial charge in [-0.1, -0.05) is 24.3 Å². The highest BCUT2D eigenvalue weighted by atomic mass is 16.3. The molecule has 1 aliphatic heterocycles. The number of nitrogen functional groups attached to an aromatic ring is 2. The van der Waals surface area contributed by atoms with Crippen molar-refractivity contribution >= 4 is 23.3 Å². The third kappa shape index (κ3) is 2.97. The Hall–Kier alpha value is -4.50. The summed E-state index contributed by atoms with van der Waals surface area (Å²) in [5, 5.41) is 23.9. The van der Waals surface area contributed by atoms with Crippen molar-refractivity contribution in [1.82, 2.24) is 10.3 Å². The van der Waals surface area contributed by atoms with E-state index in [9.17, 15) is 5.26 Å². The maximum absolute atomic E-state index is 9.45. The smallest absolute Gasteiger partial charge is 0.211 e. The first-order chi connectivity index (χ1) is 14.0. The highest BCUT2D eigenvalue weighted by Gasteiger charge is 2.31. The lowest BCUT2D eigenvalue weighted by atomic mass is 9.91. The number of nitrogens with two attached hydrogens (primary N) is 2. The van der Waals surface area contributed by atoms with Gasteiger partial charge in [-0.05, 0) is 24.6 Å². The molecule has 0 saturated carbocycles. The van der Waals surface area contributed by atoms with Crippen LogP contribution in [0.2, 0.25) is 0 Å². The van der Waals surface area contributed by atoms with Gasteiger partial charge >= 0.3 is 0 Å². The summed E-state index contributed by atoms with van der Waals surface area (Å²) >= 11 is 0. The molecule has 29 heavy (non-hydrogen) atoms. The first-order valence-electron chi connectivity index (χ1n) is 8.68. The number of nitriles is 2. The predicted molar refractivity (Wildman–Crippen MR) is 108 cm³/mol. The number of aryl methyl sites for hydroxylation is 1. The Morgan fingerprint density at radius 1 is 1.17 bits per heavy atom. The van der Waals surface area contributed by atoms with Gasteiger partial charge in [-0.25, -0.2) is 9.98 Å². The van der Waals surface area contributed by atoms with Crippen molar-refractivity contribution in [3.63, 3.8) is 0 Å². The molecule has 1 atom stereocenters. The summed E-state index contributed by atoms with van der Waals surface area (Å²) in [5.74, 6) is 1.99. The summed E-state index contributed by atoms with van der Waals surface area (Å²) in [5.41, 5.74) is 14.6. The average molecular weight is 384 g/mol. The molecule has 3 aromatic rings. The highest BCUT2D eigenvalue weighted by Crippen LogP contribution is 2.43. The molecule has 142 valence electrons. The standard InChI is InChI=1S/C20H16N8O/c1-10-6-7-14(29-10)11-4-2-3-5-12(11)17-15-16(23)13(8-21)18(24)27-19(15)28-20(26-17)25-9-22/h2-7,17H,1H3,(H6,23,24,25,26,27,28). The molecule has 1 aromatic carbocycles. The summed E-state index contributed by atoms with van der Waals surface area (Å²) < 4.78 is 5.81. The predicted octanol–water partition coefficient (Wildman–Crippen LogP) is 2.63. The number of fused-ring (bicyclic) bond motifs is 1. The van der Waals surface area contributed by atoms with E-state index in [0.717, 1.165) is 16.9 Å². The van der Waals surface area contributed by atoms with Gasteiger partial charge in [0.25, 0.3) is 0 Å². The van der Waals surface area contributed by atoms with Crippen molar-refractivity contribution in [2.75, 3.05) is 16.8 Å². The molecule has 1 aliphatic rings. The van der Waals surface area contributed by atoms with Gasteiger partial charge in [-0.3, -0.25) is 5.32 Å². The molecule has 0 amide bonds.